The van der Waals surface area contributed by atoms with Gasteiger partial charge in [-0.3, -0.25) is 4.79 Å². The number of hydrogen-bond donors (Lipinski definition) is 1. The van der Waals surface area contributed by atoms with E-state index in [9.17, 15) is 9.90 Å². The molecule has 0 amide bonds. The monoisotopic (exact) mass is 286 g/mol. The third-order valence-electron chi connectivity index (χ3n) is 3.46. The predicted octanol–water partition coefficient (Wildman–Crippen LogP) is 4.61. The van der Waals surface area contributed by atoms with Crippen LogP contribution in [0.2, 0.25) is 0 Å². The first-order valence-corrected chi connectivity index (χ1v) is 8.33. The molecule has 0 saturated heterocycles. The summed E-state index contributed by atoms with van der Waals surface area (Å²) in [6.45, 7) is 6.00. The van der Waals surface area contributed by atoms with Gasteiger partial charge in [-0.05, 0) is 20.3 Å². The molecule has 3 nitrogen and oxygen atoms in total. The Labute approximate surface area is 125 Å². The zero-order chi connectivity index (χ0) is 15.3. The van der Waals surface area contributed by atoms with Gasteiger partial charge in [0.1, 0.15) is 0 Å². The maximum absolute atomic E-state index is 11.4. The molecule has 0 unspecified atom stereocenters. The minimum Gasteiger partial charge on any atom is -0.466 e. The molecular formula is C17H34O3. The number of aliphatic hydroxyl groups is 1. The van der Waals surface area contributed by atoms with E-state index in [0.717, 1.165) is 12.8 Å². The summed E-state index contributed by atoms with van der Waals surface area (Å²) in [5.74, 6) is -0.128. The van der Waals surface area contributed by atoms with E-state index in [-0.39, 0.29) is 5.97 Å². The van der Waals surface area contributed by atoms with Gasteiger partial charge in [-0.15, -0.1) is 0 Å². The molecule has 0 fully saturated rings. The second kappa shape index (κ2) is 12.2. The predicted molar refractivity (Wildman–Crippen MR) is 83.7 cm³/mol. The van der Waals surface area contributed by atoms with E-state index in [1.54, 1.807) is 13.8 Å². The Kier molecular flexibility index (Phi) is 11.8. The van der Waals surface area contributed by atoms with E-state index >= 15 is 0 Å². The quantitative estimate of drug-likeness (QED) is 0.397. The molecule has 0 bridgehead atoms. The van der Waals surface area contributed by atoms with E-state index in [4.69, 9.17) is 4.74 Å². The maximum Gasteiger partial charge on any atom is 0.305 e. The highest BCUT2D eigenvalue weighted by Gasteiger charge is 2.13. The van der Waals surface area contributed by atoms with Crippen LogP contribution in [0.4, 0.5) is 0 Å². The average Bonchev–Trinajstić information content (AvgIpc) is 2.35. The molecule has 0 spiro atoms. The molecule has 120 valence electrons. The Balaban J connectivity index is 3.23. The number of rotatable bonds is 13. The summed E-state index contributed by atoms with van der Waals surface area (Å²) in [5, 5.41) is 9.49. The van der Waals surface area contributed by atoms with Gasteiger partial charge in [0.05, 0.1) is 12.2 Å². The number of esters is 1. The summed E-state index contributed by atoms with van der Waals surface area (Å²) >= 11 is 0. The van der Waals surface area contributed by atoms with E-state index in [0.29, 0.717) is 19.4 Å². The first-order valence-electron chi connectivity index (χ1n) is 8.33. The van der Waals surface area contributed by atoms with E-state index in [1.807, 2.05) is 0 Å². The fraction of sp³-hybridized carbons (Fsp3) is 0.941. The molecule has 3 heteroatoms. The van der Waals surface area contributed by atoms with Crippen molar-refractivity contribution in [1.82, 2.24) is 0 Å². The van der Waals surface area contributed by atoms with Crippen molar-refractivity contribution >= 4 is 5.97 Å². The lowest BCUT2D eigenvalue weighted by Gasteiger charge is -2.16. The molecule has 0 aliphatic carbocycles. The van der Waals surface area contributed by atoms with Crippen LogP contribution in [-0.4, -0.2) is 23.3 Å². The third-order valence-corrected chi connectivity index (χ3v) is 3.46. The van der Waals surface area contributed by atoms with E-state index < -0.39 is 5.60 Å². The van der Waals surface area contributed by atoms with Gasteiger partial charge < -0.3 is 9.84 Å². The smallest absolute Gasteiger partial charge is 0.305 e. The standard InChI is InChI=1S/C17H34O3/c1-4-5-6-7-8-9-10-11-12-13-16(18)20-15-14-17(2,3)19/h19H,4-15H2,1-3H3. The molecule has 0 atom stereocenters. The van der Waals surface area contributed by atoms with Crippen molar-refractivity contribution in [3.8, 4) is 0 Å². The van der Waals surface area contributed by atoms with Crippen LogP contribution in [0, 0.1) is 0 Å². The van der Waals surface area contributed by atoms with Gasteiger partial charge in [-0.25, -0.2) is 0 Å². The average molecular weight is 286 g/mol. The van der Waals surface area contributed by atoms with Crippen LogP contribution in [0.1, 0.15) is 91.4 Å². The van der Waals surface area contributed by atoms with Gasteiger partial charge in [0.25, 0.3) is 0 Å². The van der Waals surface area contributed by atoms with Crippen molar-refractivity contribution in [2.75, 3.05) is 6.61 Å². The van der Waals surface area contributed by atoms with Gasteiger partial charge >= 0.3 is 5.97 Å². The number of ether oxygens (including phenoxy) is 1. The van der Waals surface area contributed by atoms with Crippen LogP contribution in [0.5, 0.6) is 0 Å². The minimum atomic E-state index is -0.752. The Hall–Kier alpha value is -0.570. The highest BCUT2D eigenvalue weighted by molar-refractivity contribution is 5.69. The zero-order valence-corrected chi connectivity index (χ0v) is 13.7. The Morgan fingerprint density at radius 1 is 0.950 bits per heavy atom. The molecule has 0 radical (unpaired) electrons. The highest BCUT2D eigenvalue weighted by Crippen LogP contribution is 2.11. The summed E-state index contributed by atoms with van der Waals surface area (Å²) in [6.07, 6.45) is 12.3. The summed E-state index contributed by atoms with van der Waals surface area (Å²) < 4.78 is 5.09. The summed E-state index contributed by atoms with van der Waals surface area (Å²) in [5.41, 5.74) is -0.752. The fourth-order valence-corrected chi connectivity index (χ4v) is 2.07. The summed E-state index contributed by atoms with van der Waals surface area (Å²) in [6, 6.07) is 0. The Bertz CT molecular complexity index is 231. The SMILES string of the molecule is CCCCCCCCCCCC(=O)OCCC(C)(C)O. The van der Waals surface area contributed by atoms with Crippen molar-refractivity contribution in [1.29, 1.82) is 0 Å². The van der Waals surface area contributed by atoms with Crippen LogP contribution in [0.25, 0.3) is 0 Å². The van der Waals surface area contributed by atoms with Crippen LogP contribution in [0.15, 0.2) is 0 Å². The maximum atomic E-state index is 11.4. The Morgan fingerprint density at radius 3 is 1.95 bits per heavy atom. The summed E-state index contributed by atoms with van der Waals surface area (Å²) in [7, 11) is 0. The number of carbonyl (C=O) groups excluding carboxylic acids is 1. The Morgan fingerprint density at radius 2 is 1.45 bits per heavy atom. The molecule has 1 N–H and O–H groups in total. The lowest BCUT2D eigenvalue weighted by Crippen LogP contribution is -2.22. The van der Waals surface area contributed by atoms with Crippen LogP contribution in [-0.2, 0) is 9.53 Å². The molecule has 20 heavy (non-hydrogen) atoms. The van der Waals surface area contributed by atoms with Gasteiger partial charge in [0.15, 0.2) is 0 Å². The normalized spacial score (nSPS) is 11.6. The second-order valence-electron chi connectivity index (χ2n) is 6.36. The van der Waals surface area contributed by atoms with Crippen molar-refractivity contribution in [3.63, 3.8) is 0 Å². The molecule has 0 aliphatic heterocycles. The van der Waals surface area contributed by atoms with Crippen molar-refractivity contribution in [2.24, 2.45) is 0 Å². The second-order valence-corrected chi connectivity index (χ2v) is 6.36. The first-order chi connectivity index (χ1) is 9.45. The van der Waals surface area contributed by atoms with E-state index in [1.165, 1.54) is 44.9 Å². The number of hydrogen-bond acceptors (Lipinski definition) is 3. The van der Waals surface area contributed by atoms with Crippen LogP contribution >= 0.6 is 0 Å². The molecule has 0 aliphatic rings. The molecule has 0 aromatic carbocycles. The number of carbonyl (C=O) groups is 1. The molecule has 0 aromatic rings. The van der Waals surface area contributed by atoms with Gasteiger partial charge in [0.2, 0.25) is 0 Å². The van der Waals surface area contributed by atoms with Gasteiger partial charge in [-0.1, -0.05) is 58.3 Å². The van der Waals surface area contributed by atoms with Crippen molar-refractivity contribution in [3.05, 3.63) is 0 Å². The van der Waals surface area contributed by atoms with E-state index in [2.05, 4.69) is 6.92 Å². The van der Waals surface area contributed by atoms with Crippen LogP contribution < -0.4 is 0 Å². The minimum absolute atomic E-state index is 0.128. The zero-order valence-electron chi connectivity index (χ0n) is 13.7. The molecule has 0 aromatic heterocycles. The van der Waals surface area contributed by atoms with Gasteiger partial charge in [-0.2, -0.15) is 0 Å². The molecule has 0 rings (SSSR count). The van der Waals surface area contributed by atoms with Crippen molar-refractivity contribution < 1.29 is 14.6 Å². The summed E-state index contributed by atoms with van der Waals surface area (Å²) in [4.78, 5) is 11.4. The third kappa shape index (κ3) is 15.5. The van der Waals surface area contributed by atoms with Crippen LogP contribution in [0.3, 0.4) is 0 Å². The van der Waals surface area contributed by atoms with Crippen molar-refractivity contribution in [2.45, 2.75) is 97.0 Å². The molecular weight excluding hydrogens is 252 g/mol. The fourth-order valence-electron chi connectivity index (χ4n) is 2.07. The topological polar surface area (TPSA) is 46.5 Å². The number of unbranched alkanes of at least 4 members (excludes halogenated alkanes) is 8. The lowest BCUT2D eigenvalue weighted by molar-refractivity contribution is -0.145. The largest absolute Gasteiger partial charge is 0.466 e. The molecule has 0 saturated carbocycles. The highest BCUT2D eigenvalue weighted by atomic mass is 16.5. The first kappa shape index (κ1) is 19.4. The molecule has 0 heterocycles. The lowest BCUT2D eigenvalue weighted by atomic mass is 10.1. The van der Waals surface area contributed by atoms with Gasteiger partial charge in [0, 0.05) is 12.8 Å².